The van der Waals surface area contributed by atoms with E-state index in [2.05, 4.69) is 16.0 Å². The molecule has 0 aromatic carbocycles. The summed E-state index contributed by atoms with van der Waals surface area (Å²) in [5.74, 6) is -1.39. The molecule has 102 heavy (non-hydrogen) atoms. The summed E-state index contributed by atoms with van der Waals surface area (Å²) in [6.07, 6.45) is 18.8. The van der Waals surface area contributed by atoms with Crippen LogP contribution in [-0.2, 0) is 111 Å². The molecule has 0 aliphatic heterocycles. The molecule has 0 bridgehead atoms. The number of nitrogens with one attached hydrogen (secondary N) is 3. The van der Waals surface area contributed by atoms with Crippen LogP contribution in [-0.4, -0.2) is 197 Å². The van der Waals surface area contributed by atoms with Crippen LogP contribution < -0.4 is 21.7 Å². The fourth-order valence-corrected chi connectivity index (χ4v) is 19.1. The second-order valence-electron chi connectivity index (χ2n) is 25.6. The van der Waals surface area contributed by atoms with Gasteiger partial charge in [-0.3, -0.25) is 57.5 Å². The van der Waals surface area contributed by atoms with Gasteiger partial charge in [0.15, 0.2) is 10.9 Å². The molecule has 0 saturated carbocycles. The first-order chi connectivity index (χ1) is 48.0. The van der Waals surface area contributed by atoms with Gasteiger partial charge in [-0.05, 0) is 66.2 Å². The number of ketones is 6. The van der Waals surface area contributed by atoms with Gasteiger partial charge in [0.2, 0.25) is 23.6 Å². The molecule has 9 atom stereocenters. The van der Waals surface area contributed by atoms with E-state index in [0.29, 0.717) is 80.0 Å². The van der Waals surface area contributed by atoms with Crippen molar-refractivity contribution in [3.8, 4) is 0 Å². The number of Topliss-reactive ketones (excluding diaryl/α,β-unsaturated/α-hetero) is 6. The van der Waals surface area contributed by atoms with Gasteiger partial charge < -0.3 is 55.6 Å². The fourth-order valence-electron chi connectivity index (χ4n) is 8.75. The maximum absolute atomic E-state index is 12.8. The van der Waals surface area contributed by atoms with Crippen LogP contribution in [0.15, 0.2) is 0 Å². The number of unbranched alkanes of at least 4 members (excludes halogenated alkanes) is 14. The van der Waals surface area contributed by atoms with Crippen LogP contribution in [0.4, 0.5) is 0 Å². The van der Waals surface area contributed by atoms with Crippen molar-refractivity contribution >= 4 is 151 Å². The fraction of sp³-hybridized carbons (Fsp3) is 0.814. The van der Waals surface area contributed by atoms with Crippen LogP contribution in [0.3, 0.4) is 0 Å². The number of hydrogen-bond donors (Lipinski definition) is 6. The monoisotopic (exact) mass is 1630 g/mol. The minimum absolute atomic E-state index is 0. The molecule has 0 aliphatic rings. The molecule has 0 aromatic rings. The van der Waals surface area contributed by atoms with E-state index in [1.807, 2.05) is 20.8 Å². The Morgan fingerprint density at radius 3 is 1.40 bits per heavy atom. The first-order valence-electron chi connectivity index (χ1n) is 35.6. The van der Waals surface area contributed by atoms with E-state index < -0.39 is 39.8 Å². The molecule has 0 spiro atoms. The SMILES string of the molecule is CC(=O)[C@H](CSSC[C@H](C)C(C)=O)CC(=O)[C@@H](C)CSSC[C@H](C)C(=O)S(=[N-])[C@@H](CSSC[C@H](C)C(C)=O)C(C)=O.C[C@@H](CCCCNC(=O)COCCOCCCC(=O)COCCOCCNC(=O)CC[C@H](NC(=O)CCCCCCCCCCCCCCCCC(=O)O)C(=O)O)C(N)=O.[HH].[HH].[HH].[HH].[HH].[HH].[HH].[V]. The maximum Gasteiger partial charge on any atom is 0.326 e. The second kappa shape index (κ2) is 68.7. The molecule has 603 valence electrons. The van der Waals surface area contributed by atoms with E-state index in [1.165, 1.54) is 113 Å². The number of nitrogens with two attached hydrogens (primary N) is 1. The number of hydrogen-bond acceptors (Lipinski definition) is 23. The molecule has 1 unspecified atom stereocenters. The third kappa shape index (κ3) is 62.2. The Labute approximate surface area is 656 Å². The number of ether oxygens (including phenoxy) is 4. The van der Waals surface area contributed by atoms with Crippen molar-refractivity contribution in [1.82, 2.24) is 16.0 Å². The van der Waals surface area contributed by atoms with Gasteiger partial charge in [0, 0.05) is 150 Å². The zero-order chi connectivity index (χ0) is 76.2. The predicted molar refractivity (Wildman–Crippen MR) is 428 cm³/mol. The van der Waals surface area contributed by atoms with Gasteiger partial charge in [0.25, 0.3) is 0 Å². The maximum atomic E-state index is 12.8. The summed E-state index contributed by atoms with van der Waals surface area (Å²) < 4.78 is 32.1. The van der Waals surface area contributed by atoms with Crippen LogP contribution in [0.5, 0.6) is 0 Å². The number of amides is 4. The van der Waals surface area contributed by atoms with Gasteiger partial charge in [0.1, 0.15) is 48.2 Å². The molecular weight excluding hydrogens is 1490 g/mol. The largest absolute Gasteiger partial charge is 0.773 e. The molecule has 0 saturated heterocycles. The Bertz CT molecular complexity index is 2480. The molecule has 0 fully saturated rings. The summed E-state index contributed by atoms with van der Waals surface area (Å²) in [5.41, 5.74) is 5.22. The van der Waals surface area contributed by atoms with Crippen LogP contribution in [0, 0.1) is 35.5 Å². The number of nitrogens with zero attached hydrogens (tertiary/aromatic N) is 1. The van der Waals surface area contributed by atoms with Crippen molar-refractivity contribution in [3.63, 3.8) is 0 Å². The quantitative estimate of drug-likeness (QED) is 0.0243. The molecule has 32 heteroatoms. The number of primary amides is 1. The number of carbonyl (C=O) groups is 13. The molecule has 0 aromatic heterocycles. The summed E-state index contributed by atoms with van der Waals surface area (Å²) in [4.78, 5) is 154. The summed E-state index contributed by atoms with van der Waals surface area (Å²) in [6, 6.07) is -1.14. The van der Waals surface area contributed by atoms with E-state index in [0.717, 1.165) is 51.4 Å². The van der Waals surface area contributed by atoms with Gasteiger partial charge in [-0.2, -0.15) is 0 Å². The summed E-state index contributed by atoms with van der Waals surface area (Å²) in [7, 11) is 7.18. The Hall–Kier alpha value is -2.82. The zero-order valence-corrected chi connectivity index (χ0v) is 69.2. The van der Waals surface area contributed by atoms with Crippen molar-refractivity contribution in [1.29, 1.82) is 0 Å². The third-order valence-electron chi connectivity index (χ3n) is 16.1. The van der Waals surface area contributed by atoms with Crippen molar-refractivity contribution in [3.05, 3.63) is 4.78 Å². The molecule has 0 heterocycles. The molecule has 4 amide bonds. The average Bonchev–Trinajstić information content (AvgIpc) is 0.872. The Kier molecular flexibility index (Phi) is 69.6. The van der Waals surface area contributed by atoms with Gasteiger partial charge >= 0.3 is 11.9 Å². The van der Waals surface area contributed by atoms with Crippen molar-refractivity contribution < 1.29 is 120 Å². The first kappa shape index (κ1) is 103. The summed E-state index contributed by atoms with van der Waals surface area (Å²) in [6.45, 7) is 17.3. The normalized spacial score (nSPS) is 13.8. The van der Waals surface area contributed by atoms with Gasteiger partial charge in [0.05, 0.1) is 38.3 Å². The Morgan fingerprint density at radius 1 is 0.441 bits per heavy atom. The second-order valence-corrected chi connectivity index (χ2v) is 34.8. The van der Waals surface area contributed by atoms with Gasteiger partial charge in [-0.15, -0.1) is 0 Å². The Morgan fingerprint density at radius 2 is 0.902 bits per heavy atom. The average molecular weight is 1630 g/mol. The van der Waals surface area contributed by atoms with Crippen molar-refractivity contribution in [2.45, 2.75) is 228 Å². The Balaban J connectivity index is -0.000000222. The number of carboxylic acids is 2. The standard InChI is InChI=1S/C43H78N4O13.C27H44NO6S7.V.7H2/c1-35(42(44)54)19-16-17-25-45-40(51)34-60-32-29-57-27-18-20-36(48)33-59-31-30-58-28-26-46-38(49)24-23-37(43(55)56)47-39(50)21-14-12-10-8-6-4-2-3-5-7-9-11-13-15-22-41(52)53;1-16(20(5)29)10-35-39-14-24(22(7)31)9-25(33)18(3)12-37-38-13-19(4)27(34)41(28)26(23(8)32)15-40-36-11-17(2)21(6)30;;;;;;;;/h35,37H,2-34H2,1H3,(H2,44,54)(H,45,51)(H,46,49)(H,47,50)(H,52,53)(H,55,56);16-19,24,26H,9-15H2,1-8H3;;7*1H/q;-1;;;;;;;;/t35-,37-;16-,17-,18-,19-,24-,26-,41?;;;;;;;;/m00......../s1. The van der Waals surface area contributed by atoms with E-state index in [-0.39, 0.29) is 200 Å². The molecule has 0 rings (SSSR count). The van der Waals surface area contributed by atoms with Gasteiger partial charge in [-0.25, -0.2) is 15.5 Å². The van der Waals surface area contributed by atoms with Gasteiger partial charge in [-0.1, -0.05) is 183 Å². The van der Waals surface area contributed by atoms with E-state index >= 15 is 0 Å². The van der Waals surface area contributed by atoms with Crippen molar-refractivity contribution in [2.24, 2.45) is 41.2 Å². The minimum Gasteiger partial charge on any atom is -0.773 e. The summed E-state index contributed by atoms with van der Waals surface area (Å²) in [5, 5.41) is 25.0. The molecular formula is C70H136N5O19S7V-. The first-order valence-corrected chi connectivity index (χ1v) is 44.4. The molecule has 24 nitrogen and oxygen atoms in total. The third-order valence-corrected chi connectivity index (χ3v) is 26.1. The molecule has 0 aliphatic carbocycles. The number of carboxylic acid groups (broad SMARTS) is 2. The topological polar surface area (TPSA) is 384 Å². The van der Waals surface area contributed by atoms with E-state index in [9.17, 15) is 72.2 Å². The van der Waals surface area contributed by atoms with E-state index in [1.54, 1.807) is 38.5 Å². The minimum atomic E-state index is -1.70. The summed E-state index contributed by atoms with van der Waals surface area (Å²) >= 11 is 0. The number of rotatable bonds is 69. The smallest absolute Gasteiger partial charge is 0.326 e. The number of carbonyl (C=O) groups excluding carboxylic acids is 11. The van der Waals surface area contributed by atoms with Crippen LogP contribution in [0.25, 0.3) is 4.78 Å². The predicted octanol–water partition coefficient (Wildman–Crippen LogP) is 13.2. The van der Waals surface area contributed by atoms with Crippen LogP contribution >= 0.6 is 64.8 Å². The van der Waals surface area contributed by atoms with E-state index in [4.69, 9.17) is 29.8 Å². The zero-order valence-electron chi connectivity index (χ0n) is 62.1. The molecule has 1 radical (unpaired) electrons. The van der Waals surface area contributed by atoms with Crippen LogP contribution in [0.2, 0.25) is 0 Å². The molecule has 7 N–H and O–H groups in total. The van der Waals surface area contributed by atoms with Crippen molar-refractivity contribution in [2.75, 3.05) is 100 Å². The number of aliphatic carboxylic acids is 2. The van der Waals surface area contributed by atoms with Crippen LogP contribution in [0.1, 0.15) is 226 Å².